The molecule has 6 atom stereocenters. The van der Waals surface area contributed by atoms with Crippen LogP contribution in [-0.4, -0.2) is 23.9 Å². The second-order valence-electron chi connectivity index (χ2n) is 13.3. The lowest BCUT2D eigenvalue weighted by Gasteiger charge is -2.35. The Morgan fingerprint density at radius 3 is 1.27 bits per heavy atom. The number of amides is 2. The van der Waals surface area contributed by atoms with Crippen LogP contribution >= 0.6 is 0 Å². The lowest BCUT2D eigenvalue weighted by molar-refractivity contribution is -0.128. The Kier molecular flexibility index (Phi) is 6.47. The van der Waals surface area contributed by atoms with Gasteiger partial charge in [0, 0.05) is 23.9 Å². The summed E-state index contributed by atoms with van der Waals surface area (Å²) >= 11 is 0. The highest BCUT2D eigenvalue weighted by Gasteiger charge is 2.44. The van der Waals surface area contributed by atoms with Crippen molar-refractivity contribution in [1.29, 1.82) is 0 Å². The van der Waals surface area contributed by atoms with Crippen molar-refractivity contribution in [3.8, 4) is 0 Å². The summed E-state index contributed by atoms with van der Waals surface area (Å²) in [5.41, 5.74) is 0. The monoisotopic (exact) mass is 454 g/mol. The van der Waals surface area contributed by atoms with Crippen LogP contribution in [0.25, 0.3) is 0 Å². The fraction of sp³-hybridized carbons (Fsp3) is 0.931. The third-order valence-electron chi connectivity index (χ3n) is 11.2. The van der Waals surface area contributed by atoms with E-state index in [-0.39, 0.29) is 0 Å². The molecule has 184 valence electrons. The molecule has 2 amide bonds. The zero-order chi connectivity index (χ0) is 22.4. The molecule has 0 aliphatic heterocycles. The molecule has 0 saturated heterocycles. The Morgan fingerprint density at radius 1 is 0.515 bits per heavy atom. The van der Waals surface area contributed by atoms with Gasteiger partial charge in [-0.05, 0) is 132 Å². The summed E-state index contributed by atoms with van der Waals surface area (Å²) in [6.45, 7) is 0. The summed E-state index contributed by atoms with van der Waals surface area (Å²) in [6.07, 6.45) is 21.6. The molecule has 4 nitrogen and oxygen atoms in total. The van der Waals surface area contributed by atoms with Crippen LogP contribution in [0.3, 0.4) is 0 Å². The topological polar surface area (TPSA) is 58.2 Å². The van der Waals surface area contributed by atoms with Gasteiger partial charge in [-0.2, -0.15) is 0 Å². The lowest BCUT2D eigenvalue weighted by Crippen LogP contribution is -2.43. The number of carbonyl (C=O) groups excluding carboxylic acids is 2. The van der Waals surface area contributed by atoms with Crippen molar-refractivity contribution < 1.29 is 9.59 Å². The zero-order valence-electron chi connectivity index (χ0n) is 20.6. The van der Waals surface area contributed by atoms with Gasteiger partial charge in [0.15, 0.2) is 0 Å². The van der Waals surface area contributed by atoms with Gasteiger partial charge in [0.25, 0.3) is 0 Å². The van der Waals surface area contributed by atoms with E-state index in [9.17, 15) is 9.59 Å². The van der Waals surface area contributed by atoms with Crippen LogP contribution in [0.2, 0.25) is 0 Å². The number of carbonyl (C=O) groups is 2. The second kappa shape index (κ2) is 9.53. The van der Waals surface area contributed by atoms with Gasteiger partial charge in [0.1, 0.15) is 0 Å². The molecule has 4 heteroatoms. The molecule has 0 aromatic heterocycles. The minimum atomic E-state index is 0.334. The Labute approximate surface area is 200 Å². The predicted molar refractivity (Wildman–Crippen MR) is 130 cm³/mol. The average molecular weight is 455 g/mol. The smallest absolute Gasteiger partial charge is 0.223 e. The highest BCUT2D eigenvalue weighted by Crippen LogP contribution is 2.49. The average Bonchev–Trinajstić information content (AvgIpc) is 3.63. The van der Waals surface area contributed by atoms with Crippen molar-refractivity contribution in [2.45, 2.75) is 121 Å². The van der Waals surface area contributed by atoms with Gasteiger partial charge in [-0.15, -0.1) is 0 Å². The van der Waals surface area contributed by atoms with E-state index in [1.165, 1.54) is 96.3 Å². The van der Waals surface area contributed by atoms with Crippen LogP contribution in [0, 0.1) is 47.3 Å². The molecule has 6 fully saturated rings. The minimum Gasteiger partial charge on any atom is -0.353 e. The van der Waals surface area contributed by atoms with E-state index >= 15 is 0 Å². The largest absolute Gasteiger partial charge is 0.353 e. The van der Waals surface area contributed by atoms with Crippen molar-refractivity contribution >= 4 is 11.8 Å². The van der Waals surface area contributed by atoms with E-state index in [0.29, 0.717) is 47.6 Å². The molecule has 0 aromatic carbocycles. The van der Waals surface area contributed by atoms with Gasteiger partial charge < -0.3 is 10.6 Å². The molecule has 4 bridgehead atoms. The zero-order valence-corrected chi connectivity index (χ0v) is 20.6. The summed E-state index contributed by atoms with van der Waals surface area (Å²) in [5.74, 6) is 6.23. The van der Waals surface area contributed by atoms with Crippen LogP contribution in [0.5, 0.6) is 0 Å². The molecule has 33 heavy (non-hydrogen) atoms. The van der Waals surface area contributed by atoms with Crippen molar-refractivity contribution in [3.63, 3.8) is 0 Å². The summed E-state index contributed by atoms with van der Waals surface area (Å²) < 4.78 is 0. The summed E-state index contributed by atoms with van der Waals surface area (Å²) in [5, 5.41) is 6.90. The first-order valence-corrected chi connectivity index (χ1v) is 14.7. The third-order valence-corrected chi connectivity index (χ3v) is 11.2. The van der Waals surface area contributed by atoms with Crippen LogP contribution < -0.4 is 10.6 Å². The van der Waals surface area contributed by atoms with E-state index in [2.05, 4.69) is 10.6 Å². The van der Waals surface area contributed by atoms with E-state index in [1.54, 1.807) is 0 Å². The SMILES string of the molecule is O=C(NC1CCC(CC2CCC(NC(=O)[C@@H]3C[C@@H]4CC[C@@H]3C4)CC2)CC1)[C@H]1C[C@H]2CC[C@@H]1C2. The molecule has 0 radical (unpaired) electrons. The Balaban J connectivity index is 0.875. The van der Waals surface area contributed by atoms with Gasteiger partial charge in [0.05, 0.1) is 0 Å². The predicted octanol–water partition coefficient (Wildman–Crippen LogP) is 5.60. The molecule has 6 aliphatic rings. The highest BCUT2D eigenvalue weighted by molar-refractivity contribution is 5.80. The first kappa shape index (κ1) is 22.4. The number of nitrogens with one attached hydrogen (secondary N) is 2. The van der Waals surface area contributed by atoms with Crippen LogP contribution in [0.4, 0.5) is 0 Å². The standard InChI is InChI=1S/C29H46N2O2/c32-28(26-16-20-1-7-22(26)14-20)30-24-9-3-18(4-10-24)13-19-5-11-25(12-6-19)31-29(33)27-17-21-2-8-23(27)15-21/h18-27H,1-17H2,(H,30,32)(H,31,33)/t18?,19?,20-,21+,22-,23-,24?,25?,26-,27+/m1/s1. The van der Waals surface area contributed by atoms with Crippen molar-refractivity contribution in [3.05, 3.63) is 0 Å². The second-order valence-corrected chi connectivity index (χ2v) is 13.3. The van der Waals surface area contributed by atoms with Crippen molar-refractivity contribution in [2.24, 2.45) is 47.3 Å². The molecule has 6 aliphatic carbocycles. The molecule has 6 rings (SSSR count). The summed E-state index contributed by atoms with van der Waals surface area (Å²) in [7, 11) is 0. The number of hydrogen-bond acceptors (Lipinski definition) is 2. The van der Waals surface area contributed by atoms with E-state index in [4.69, 9.17) is 0 Å². The fourth-order valence-corrected chi connectivity index (χ4v) is 9.30. The normalized spacial score (nSPS) is 46.4. The number of rotatable bonds is 6. The van der Waals surface area contributed by atoms with Crippen LogP contribution in [0.1, 0.15) is 109 Å². The molecular formula is C29H46N2O2. The van der Waals surface area contributed by atoms with Crippen LogP contribution in [-0.2, 0) is 9.59 Å². The molecule has 0 unspecified atom stereocenters. The third kappa shape index (κ3) is 4.87. The quantitative estimate of drug-likeness (QED) is 0.549. The number of hydrogen-bond donors (Lipinski definition) is 2. The van der Waals surface area contributed by atoms with E-state index in [0.717, 1.165) is 36.5 Å². The van der Waals surface area contributed by atoms with Crippen LogP contribution in [0.15, 0.2) is 0 Å². The maximum absolute atomic E-state index is 12.8. The van der Waals surface area contributed by atoms with Gasteiger partial charge in [-0.1, -0.05) is 12.8 Å². The Hall–Kier alpha value is -1.06. The lowest BCUT2D eigenvalue weighted by atomic mass is 9.75. The maximum Gasteiger partial charge on any atom is 0.223 e. The first-order valence-electron chi connectivity index (χ1n) is 14.7. The fourth-order valence-electron chi connectivity index (χ4n) is 9.30. The molecule has 2 N–H and O–H groups in total. The molecular weight excluding hydrogens is 408 g/mol. The Bertz CT molecular complexity index is 661. The minimum absolute atomic E-state index is 0.334. The van der Waals surface area contributed by atoms with E-state index in [1.807, 2.05) is 0 Å². The Morgan fingerprint density at radius 2 is 0.939 bits per heavy atom. The molecule has 6 saturated carbocycles. The van der Waals surface area contributed by atoms with Gasteiger partial charge in [-0.25, -0.2) is 0 Å². The first-order chi connectivity index (χ1) is 16.1. The van der Waals surface area contributed by atoms with Gasteiger partial charge >= 0.3 is 0 Å². The molecule has 0 spiro atoms. The number of fused-ring (bicyclic) bond motifs is 4. The van der Waals surface area contributed by atoms with E-state index < -0.39 is 0 Å². The molecule has 0 heterocycles. The van der Waals surface area contributed by atoms with Crippen molar-refractivity contribution in [2.75, 3.05) is 0 Å². The molecule has 0 aromatic rings. The maximum atomic E-state index is 12.8. The summed E-state index contributed by atoms with van der Waals surface area (Å²) in [4.78, 5) is 25.6. The van der Waals surface area contributed by atoms with Gasteiger partial charge in [-0.3, -0.25) is 9.59 Å². The highest BCUT2D eigenvalue weighted by atomic mass is 16.2. The summed E-state index contributed by atoms with van der Waals surface area (Å²) in [6, 6.07) is 0.870. The van der Waals surface area contributed by atoms with Gasteiger partial charge in [0.2, 0.25) is 11.8 Å². The van der Waals surface area contributed by atoms with Crippen molar-refractivity contribution in [1.82, 2.24) is 10.6 Å².